The van der Waals surface area contributed by atoms with Crippen LogP contribution in [0.15, 0.2) is 50.5 Å². The molecular weight excluding hydrogens is 397 g/mol. The molecule has 0 aliphatic carbocycles. The molecule has 2 heterocycles. The van der Waals surface area contributed by atoms with Crippen LogP contribution in [0.2, 0.25) is 0 Å². The van der Waals surface area contributed by atoms with E-state index in [0.29, 0.717) is 26.6 Å². The maximum Gasteiger partial charge on any atom is 0.335 e. The number of hydrogen-bond acceptors (Lipinski definition) is 5. The Morgan fingerprint density at radius 1 is 1.46 bits per heavy atom. The lowest BCUT2D eigenvalue weighted by atomic mass is 9.95. The molecule has 1 unspecified atom stereocenters. The molecule has 0 saturated carbocycles. The number of allylic oxidation sites excluding steroid dienone is 1. The molecule has 0 bridgehead atoms. The predicted molar refractivity (Wildman–Crippen MR) is 93.6 cm³/mol. The molecular formula is C16H13BrFN3O2S. The van der Waals surface area contributed by atoms with Crippen LogP contribution in [0.25, 0.3) is 0 Å². The number of carbonyl (C=O) groups is 1. The van der Waals surface area contributed by atoms with Crippen molar-refractivity contribution in [1.29, 1.82) is 0 Å². The number of amidine groups is 1. The third-order valence-corrected chi connectivity index (χ3v) is 5.30. The Labute approximate surface area is 150 Å². The Kier molecular flexibility index (Phi) is 4.51. The van der Waals surface area contributed by atoms with Crippen molar-refractivity contribution in [2.45, 2.75) is 13.0 Å². The summed E-state index contributed by atoms with van der Waals surface area (Å²) in [6, 6.07) is 3.41. The van der Waals surface area contributed by atoms with Gasteiger partial charge in [-0.15, -0.1) is 11.3 Å². The summed E-state index contributed by atoms with van der Waals surface area (Å²) in [5, 5.41) is 12.2. The summed E-state index contributed by atoms with van der Waals surface area (Å²) in [5.74, 6) is -0.864. The lowest BCUT2D eigenvalue weighted by Crippen LogP contribution is -2.34. The minimum atomic E-state index is -1.05. The molecule has 0 saturated heterocycles. The van der Waals surface area contributed by atoms with Crippen LogP contribution < -0.4 is 0 Å². The molecule has 1 aromatic heterocycles. The van der Waals surface area contributed by atoms with Crippen molar-refractivity contribution in [3.8, 4) is 0 Å². The number of nitrogens with zero attached hydrogens (tertiary/aromatic N) is 3. The number of carboxylic acids is 1. The Morgan fingerprint density at radius 2 is 2.21 bits per heavy atom. The molecule has 24 heavy (non-hydrogen) atoms. The molecule has 3 rings (SSSR count). The highest BCUT2D eigenvalue weighted by molar-refractivity contribution is 9.10. The van der Waals surface area contributed by atoms with Crippen LogP contribution in [0.5, 0.6) is 0 Å². The van der Waals surface area contributed by atoms with Crippen molar-refractivity contribution in [2.75, 3.05) is 7.05 Å². The molecule has 0 spiro atoms. The van der Waals surface area contributed by atoms with Crippen LogP contribution >= 0.6 is 27.3 Å². The van der Waals surface area contributed by atoms with E-state index in [2.05, 4.69) is 25.9 Å². The molecule has 8 heteroatoms. The number of thiazole rings is 1. The number of benzene rings is 1. The van der Waals surface area contributed by atoms with Crippen LogP contribution in [0.3, 0.4) is 0 Å². The minimum Gasteiger partial charge on any atom is -0.478 e. The fourth-order valence-electron chi connectivity index (χ4n) is 2.56. The molecule has 124 valence electrons. The van der Waals surface area contributed by atoms with E-state index in [1.165, 1.54) is 23.5 Å². The van der Waals surface area contributed by atoms with Crippen molar-refractivity contribution in [3.05, 3.63) is 61.9 Å². The zero-order chi connectivity index (χ0) is 17.4. The topological polar surface area (TPSA) is 65.8 Å². The van der Waals surface area contributed by atoms with Gasteiger partial charge in [0, 0.05) is 28.8 Å². The van der Waals surface area contributed by atoms with Crippen molar-refractivity contribution in [2.24, 2.45) is 4.99 Å². The van der Waals surface area contributed by atoms with Gasteiger partial charge in [0.25, 0.3) is 0 Å². The maximum absolute atomic E-state index is 13.4. The van der Waals surface area contributed by atoms with Gasteiger partial charge in [-0.25, -0.2) is 14.2 Å². The van der Waals surface area contributed by atoms with Gasteiger partial charge in [0.1, 0.15) is 11.9 Å². The first kappa shape index (κ1) is 16.8. The maximum atomic E-state index is 13.4. The molecule has 2 aromatic rings. The predicted octanol–water partition coefficient (Wildman–Crippen LogP) is 3.84. The van der Waals surface area contributed by atoms with Crippen molar-refractivity contribution < 1.29 is 14.3 Å². The minimum absolute atomic E-state index is 0.158. The fourth-order valence-corrected chi connectivity index (χ4v) is 3.80. The molecule has 1 atom stereocenters. The van der Waals surface area contributed by atoms with Crippen LogP contribution in [-0.2, 0) is 4.79 Å². The van der Waals surface area contributed by atoms with Crippen LogP contribution in [0.4, 0.5) is 4.39 Å². The van der Waals surface area contributed by atoms with E-state index in [1.807, 2.05) is 5.38 Å². The number of aromatic nitrogens is 1. The van der Waals surface area contributed by atoms with E-state index in [9.17, 15) is 14.3 Å². The van der Waals surface area contributed by atoms with Crippen LogP contribution in [0.1, 0.15) is 23.5 Å². The molecule has 0 amide bonds. The summed E-state index contributed by atoms with van der Waals surface area (Å²) in [7, 11) is 1.76. The molecule has 0 fully saturated rings. The number of aliphatic imine (C=N–C) groups is 1. The van der Waals surface area contributed by atoms with Gasteiger partial charge in [-0.05, 0) is 24.6 Å². The summed E-state index contributed by atoms with van der Waals surface area (Å²) in [6.07, 6.45) is 1.67. The summed E-state index contributed by atoms with van der Waals surface area (Å²) < 4.78 is 13.9. The Hall–Kier alpha value is -2.06. The van der Waals surface area contributed by atoms with Gasteiger partial charge in [-0.3, -0.25) is 4.99 Å². The van der Waals surface area contributed by atoms with E-state index in [0.717, 1.165) is 0 Å². The van der Waals surface area contributed by atoms with Gasteiger partial charge in [-0.2, -0.15) is 0 Å². The number of aliphatic carboxylic acids is 1. The largest absolute Gasteiger partial charge is 0.478 e. The van der Waals surface area contributed by atoms with E-state index < -0.39 is 17.8 Å². The average molecular weight is 410 g/mol. The third kappa shape index (κ3) is 2.87. The molecule has 1 aromatic carbocycles. The first-order chi connectivity index (χ1) is 11.4. The molecule has 1 aliphatic rings. The average Bonchev–Trinajstić information content (AvgIpc) is 3.03. The molecule has 5 nitrogen and oxygen atoms in total. The number of halogens is 2. The Bertz CT molecular complexity index is 864. The fraction of sp³-hybridized carbons (Fsp3) is 0.188. The second-order valence-electron chi connectivity index (χ2n) is 5.22. The summed E-state index contributed by atoms with van der Waals surface area (Å²) in [6.45, 7) is 1.73. The number of hydrogen-bond donors (Lipinski definition) is 1. The van der Waals surface area contributed by atoms with E-state index in [-0.39, 0.29) is 5.57 Å². The second-order valence-corrected chi connectivity index (χ2v) is 6.97. The smallest absolute Gasteiger partial charge is 0.335 e. The highest BCUT2D eigenvalue weighted by Crippen LogP contribution is 2.38. The monoisotopic (exact) mass is 409 g/mol. The van der Waals surface area contributed by atoms with Gasteiger partial charge >= 0.3 is 5.97 Å². The quantitative estimate of drug-likeness (QED) is 0.835. The lowest BCUT2D eigenvalue weighted by Gasteiger charge is -2.31. The van der Waals surface area contributed by atoms with Gasteiger partial charge in [0.2, 0.25) is 0 Å². The van der Waals surface area contributed by atoms with E-state index >= 15 is 0 Å². The Morgan fingerprint density at radius 3 is 2.79 bits per heavy atom. The highest BCUT2D eigenvalue weighted by Gasteiger charge is 2.33. The van der Waals surface area contributed by atoms with Gasteiger partial charge in [0.05, 0.1) is 5.57 Å². The van der Waals surface area contributed by atoms with Crippen molar-refractivity contribution in [1.82, 2.24) is 9.88 Å². The number of rotatable bonds is 3. The highest BCUT2D eigenvalue weighted by atomic mass is 79.9. The summed E-state index contributed by atoms with van der Waals surface area (Å²) in [4.78, 5) is 22.4. The normalized spacial score (nSPS) is 17.9. The number of carboxylic acid groups (broad SMARTS) is 1. The second kappa shape index (κ2) is 6.45. The standard InChI is InChI=1S/C16H13BrFN3O2S/c1-8-12(16(22)23)13(10-4-3-9(18)7-11(10)17)20-14(21(8)2)15-19-5-6-24-15/h3-7,13H,1-2H3,(H,22,23). The lowest BCUT2D eigenvalue weighted by molar-refractivity contribution is -0.133. The van der Waals surface area contributed by atoms with Crippen molar-refractivity contribution in [3.63, 3.8) is 0 Å². The van der Waals surface area contributed by atoms with Gasteiger partial charge in [0.15, 0.2) is 10.8 Å². The van der Waals surface area contributed by atoms with E-state index in [4.69, 9.17) is 0 Å². The summed E-state index contributed by atoms with van der Waals surface area (Å²) >= 11 is 4.74. The SMILES string of the molecule is CC1=C(C(=O)O)C(c2ccc(F)cc2Br)N=C(c2nccs2)N1C. The molecule has 1 aliphatic heterocycles. The molecule has 1 N–H and O–H groups in total. The van der Waals surface area contributed by atoms with Crippen LogP contribution in [-0.4, -0.2) is 33.8 Å². The first-order valence-electron chi connectivity index (χ1n) is 7.00. The first-order valence-corrected chi connectivity index (χ1v) is 8.67. The third-order valence-electron chi connectivity index (χ3n) is 3.85. The molecule has 0 radical (unpaired) electrons. The zero-order valence-corrected chi connectivity index (χ0v) is 15.2. The summed E-state index contributed by atoms with van der Waals surface area (Å²) in [5.41, 5.74) is 1.32. The van der Waals surface area contributed by atoms with E-state index in [1.54, 1.807) is 31.1 Å². The van der Waals surface area contributed by atoms with Gasteiger partial charge in [-0.1, -0.05) is 22.0 Å². The Balaban J connectivity index is 2.20. The van der Waals surface area contributed by atoms with Gasteiger partial charge < -0.3 is 10.0 Å². The zero-order valence-electron chi connectivity index (χ0n) is 12.8. The van der Waals surface area contributed by atoms with Crippen molar-refractivity contribution >= 4 is 39.1 Å². The van der Waals surface area contributed by atoms with Crippen LogP contribution in [0, 0.1) is 5.82 Å².